The molecule has 26 heavy (non-hydrogen) atoms. The van der Waals surface area contributed by atoms with E-state index in [1.165, 1.54) is 0 Å². The molecule has 0 aliphatic carbocycles. The highest BCUT2D eigenvalue weighted by atomic mass is 16.5. The van der Waals surface area contributed by atoms with Crippen molar-refractivity contribution in [3.8, 4) is 11.8 Å². The van der Waals surface area contributed by atoms with E-state index in [1.54, 1.807) is 6.08 Å². The number of amides is 1. The molecule has 1 aromatic rings. The van der Waals surface area contributed by atoms with Gasteiger partial charge in [0.1, 0.15) is 17.4 Å². The number of nitrogens with one attached hydrogen (secondary N) is 1. The average Bonchev–Trinajstić information content (AvgIpc) is 2.68. The largest absolute Gasteiger partial charge is 0.494 e. The molecule has 1 amide bonds. The topological polar surface area (TPSA) is 74.6 Å². The van der Waals surface area contributed by atoms with Gasteiger partial charge in [0.15, 0.2) is 0 Å². The Hall–Kier alpha value is -2.36. The lowest BCUT2D eigenvalue weighted by Gasteiger charge is -2.26. The second-order valence-corrected chi connectivity index (χ2v) is 6.15. The number of ether oxygens (including phenoxy) is 2. The van der Waals surface area contributed by atoms with Crippen LogP contribution in [0, 0.1) is 11.3 Å². The Morgan fingerprint density at radius 1 is 1.35 bits per heavy atom. The third-order valence-electron chi connectivity index (χ3n) is 4.14. The van der Waals surface area contributed by atoms with Crippen LogP contribution in [-0.2, 0) is 9.53 Å². The van der Waals surface area contributed by atoms with E-state index in [1.807, 2.05) is 30.3 Å². The van der Waals surface area contributed by atoms with E-state index in [4.69, 9.17) is 9.47 Å². The zero-order chi connectivity index (χ0) is 18.6. The highest BCUT2D eigenvalue weighted by Crippen LogP contribution is 2.15. The number of nitrogens with zero attached hydrogens (tertiary/aromatic N) is 2. The van der Waals surface area contributed by atoms with Crippen LogP contribution < -0.4 is 10.1 Å². The Kier molecular flexibility index (Phi) is 8.67. The molecule has 0 spiro atoms. The van der Waals surface area contributed by atoms with E-state index in [-0.39, 0.29) is 11.5 Å². The summed E-state index contributed by atoms with van der Waals surface area (Å²) in [4.78, 5) is 14.4. The molecule has 0 atom stereocenters. The number of carbonyl (C=O) groups excluding carboxylic acids is 1. The van der Waals surface area contributed by atoms with Gasteiger partial charge in [0, 0.05) is 26.2 Å². The fourth-order valence-electron chi connectivity index (χ4n) is 2.56. The van der Waals surface area contributed by atoms with Gasteiger partial charge in [-0.05, 0) is 30.2 Å². The lowest BCUT2D eigenvalue weighted by atomic mass is 10.1. The first kappa shape index (κ1) is 20.0. The molecule has 140 valence electrons. The van der Waals surface area contributed by atoms with Crippen molar-refractivity contribution in [1.82, 2.24) is 10.2 Å². The Bertz CT molecular complexity index is 629. The van der Waals surface area contributed by atoms with Crippen LogP contribution in [0.15, 0.2) is 29.8 Å². The second kappa shape index (κ2) is 11.3. The second-order valence-electron chi connectivity index (χ2n) is 6.15. The summed E-state index contributed by atoms with van der Waals surface area (Å²) in [6.45, 7) is 7.31. The van der Waals surface area contributed by atoms with Crippen LogP contribution in [0.25, 0.3) is 6.08 Å². The summed E-state index contributed by atoms with van der Waals surface area (Å²) in [5.74, 6) is 0.452. The number of nitriles is 1. The van der Waals surface area contributed by atoms with Gasteiger partial charge in [-0.3, -0.25) is 9.69 Å². The van der Waals surface area contributed by atoms with Crippen molar-refractivity contribution in [3.05, 3.63) is 35.4 Å². The molecule has 6 heteroatoms. The van der Waals surface area contributed by atoms with Gasteiger partial charge in [-0.2, -0.15) is 5.26 Å². The van der Waals surface area contributed by atoms with Gasteiger partial charge in [0.25, 0.3) is 5.91 Å². The lowest BCUT2D eigenvalue weighted by molar-refractivity contribution is -0.117. The zero-order valence-electron chi connectivity index (χ0n) is 15.4. The van der Waals surface area contributed by atoms with Gasteiger partial charge < -0.3 is 14.8 Å². The molecular weight excluding hydrogens is 330 g/mol. The van der Waals surface area contributed by atoms with Crippen LogP contribution >= 0.6 is 0 Å². The first-order valence-electron chi connectivity index (χ1n) is 9.16. The minimum absolute atomic E-state index is 0.103. The van der Waals surface area contributed by atoms with Crippen molar-refractivity contribution in [2.75, 3.05) is 46.0 Å². The SMILES string of the molecule is CCCCOc1ccc(/C=C(\C#N)C(=O)NCCN2CCOCC2)cc1. The smallest absolute Gasteiger partial charge is 0.261 e. The summed E-state index contributed by atoms with van der Waals surface area (Å²) >= 11 is 0. The maximum atomic E-state index is 12.2. The van der Waals surface area contributed by atoms with Gasteiger partial charge >= 0.3 is 0 Å². The van der Waals surface area contributed by atoms with Gasteiger partial charge in [-0.15, -0.1) is 0 Å². The van der Waals surface area contributed by atoms with E-state index in [2.05, 4.69) is 17.1 Å². The van der Waals surface area contributed by atoms with Crippen molar-refractivity contribution in [3.63, 3.8) is 0 Å². The molecule has 1 fully saturated rings. The minimum Gasteiger partial charge on any atom is -0.494 e. The van der Waals surface area contributed by atoms with Crippen LogP contribution in [0.4, 0.5) is 0 Å². The highest BCUT2D eigenvalue weighted by molar-refractivity contribution is 6.01. The quantitative estimate of drug-likeness (QED) is 0.417. The zero-order valence-corrected chi connectivity index (χ0v) is 15.4. The molecule has 1 aromatic carbocycles. The first-order valence-corrected chi connectivity index (χ1v) is 9.16. The molecular formula is C20H27N3O3. The number of benzene rings is 1. The standard InChI is InChI=1S/C20H27N3O3/c1-2-3-12-26-19-6-4-17(5-7-19)15-18(16-21)20(24)22-8-9-23-10-13-25-14-11-23/h4-7,15H,2-3,8-14H2,1H3,(H,22,24)/b18-15+. The Labute approximate surface area is 155 Å². The summed E-state index contributed by atoms with van der Waals surface area (Å²) in [5.41, 5.74) is 0.902. The molecule has 0 bridgehead atoms. The molecule has 6 nitrogen and oxygen atoms in total. The van der Waals surface area contributed by atoms with Gasteiger partial charge in [-0.1, -0.05) is 25.5 Å². The van der Waals surface area contributed by atoms with E-state index < -0.39 is 0 Å². The van der Waals surface area contributed by atoms with Crippen molar-refractivity contribution < 1.29 is 14.3 Å². The summed E-state index contributed by atoms with van der Waals surface area (Å²) in [5, 5.41) is 12.1. The van der Waals surface area contributed by atoms with Crippen LogP contribution in [-0.4, -0.2) is 56.8 Å². The number of hydrogen-bond donors (Lipinski definition) is 1. The normalized spacial score (nSPS) is 15.3. The molecule has 0 unspecified atom stereocenters. The van der Waals surface area contributed by atoms with Crippen molar-refractivity contribution >= 4 is 12.0 Å². The molecule has 1 aliphatic heterocycles. The number of hydrogen-bond acceptors (Lipinski definition) is 5. The lowest BCUT2D eigenvalue weighted by Crippen LogP contribution is -2.41. The van der Waals surface area contributed by atoms with Crippen molar-refractivity contribution in [1.29, 1.82) is 5.26 Å². The van der Waals surface area contributed by atoms with Gasteiger partial charge in [0.2, 0.25) is 0 Å². The minimum atomic E-state index is -0.343. The summed E-state index contributed by atoms with van der Waals surface area (Å²) in [6.07, 6.45) is 3.71. The molecule has 1 aliphatic rings. The Morgan fingerprint density at radius 3 is 2.73 bits per heavy atom. The maximum Gasteiger partial charge on any atom is 0.261 e. The van der Waals surface area contributed by atoms with E-state index >= 15 is 0 Å². The van der Waals surface area contributed by atoms with Crippen LogP contribution in [0.5, 0.6) is 5.75 Å². The van der Waals surface area contributed by atoms with Crippen molar-refractivity contribution in [2.24, 2.45) is 0 Å². The number of unbranched alkanes of at least 4 members (excludes halogenated alkanes) is 1. The van der Waals surface area contributed by atoms with Gasteiger partial charge in [-0.25, -0.2) is 0 Å². The van der Waals surface area contributed by atoms with E-state index in [0.717, 1.165) is 57.0 Å². The molecule has 2 rings (SSSR count). The summed E-state index contributed by atoms with van der Waals surface area (Å²) < 4.78 is 10.9. The van der Waals surface area contributed by atoms with Crippen LogP contribution in [0.2, 0.25) is 0 Å². The molecule has 1 N–H and O–H groups in total. The van der Waals surface area contributed by atoms with Crippen LogP contribution in [0.1, 0.15) is 25.3 Å². The van der Waals surface area contributed by atoms with Crippen LogP contribution in [0.3, 0.4) is 0 Å². The monoisotopic (exact) mass is 357 g/mol. The molecule has 0 radical (unpaired) electrons. The van der Waals surface area contributed by atoms with E-state index in [0.29, 0.717) is 13.2 Å². The van der Waals surface area contributed by atoms with E-state index in [9.17, 15) is 10.1 Å². The van der Waals surface area contributed by atoms with Gasteiger partial charge in [0.05, 0.1) is 19.8 Å². The Balaban J connectivity index is 1.83. The fraction of sp³-hybridized carbons (Fsp3) is 0.500. The predicted molar refractivity (Wildman–Crippen MR) is 101 cm³/mol. The number of carbonyl (C=O) groups is 1. The highest BCUT2D eigenvalue weighted by Gasteiger charge is 2.12. The number of morpholine rings is 1. The molecule has 1 heterocycles. The first-order chi connectivity index (χ1) is 12.7. The molecule has 0 saturated carbocycles. The third-order valence-corrected chi connectivity index (χ3v) is 4.14. The van der Waals surface area contributed by atoms with Crippen molar-refractivity contribution in [2.45, 2.75) is 19.8 Å². The summed E-state index contributed by atoms with van der Waals surface area (Å²) in [6, 6.07) is 9.38. The summed E-state index contributed by atoms with van der Waals surface area (Å²) in [7, 11) is 0. The average molecular weight is 357 g/mol. The Morgan fingerprint density at radius 2 is 2.08 bits per heavy atom. The fourth-order valence-corrected chi connectivity index (χ4v) is 2.56. The molecule has 0 aromatic heterocycles. The predicted octanol–water partition coefficient (Wildman–Crippen LogP) is 2.22. The third kappa shape index (κ3) is 6.87. The maximum absolute atomic E-state index is 12.2. The molecule has 1 saturated heterocycles. The number of rotatable bonds is 9.